The number of nitrogens with one attached hydrogen (secondary N) is 2. The number of aromatic hydroxyl groups is 1. The minimum Gasteiger partial charge on any atom is -0.504 e. The third-order valence-corrected chi connectivity index (χ3v) is 6.70. The van der Waals surface area contributed by atoms with Crippen LogP contribution in [0, 0.1) is 0 Å². The van der Waals surface area contributed by atoms with Crippen molar-refractivity contribution >= 4 is 45.0 Å². The SMILES string of the molecule is COc1cc(Sc2c(C(=O)Nc3nnn[nH]3)sc3cc(OC)c(OC)cc23)ccc1O. The second-order valence-electron chi connectivity index (χ2n) is 6.10. The number of hydrogen-bond donors (Lipinski definition) is 3. The Morgan fingerprint density at radius 3 is 2.52 bits per heavy atom. The average Bonchev–Trinajstić information content (AvgIpc) is 3.41. The summed E-state index contributed by atoms with van der Waals surface area (Å²) in [5, 5.41) is 26.5. The van der Waals surface area contributed by atoms with E-state index in [-0.39, 0.29) is 17.6 Å². The van der Waals surface area contributed by atoms with Gasteiger partial charge < -0.3 is 19.3 Å². The molecule has 31 heavy (non-hydrogen) atoms. The van der Waals surface area contributed by atoms with E-state index in [2.05, 4.69) is 25.9 Å². The van der Waals surface area contributed by atoms with Crippen LogP contribution in [-0.4, -0.2) is 53.0 Å². The number of phenolic OH excluding ortho intramolecular Hbond substituents is 1. The molecule has 0 spiro atoms. The number of benzene rings is 2. The van der Waals surface area contributed by atoms with Crippen LogP contribution < -0.4 is 19.5 Å². The van der Waals surface area contributed by atoms with Crippen LogP contribution >= 0.6 is 23.1 Å². The lowest BCUT2D eigenvalue weighted by molar-refractivity contribution is 0.102. The lowest BCUT2D eigenvalue weighted by Crippen LogP contribution is -2.12. The van der Waals surface area contributed by atoms with Gasteiger partial charge in [0.05, 0.1) is 21.3 Å². The summed E-state index contributed by atoms with van der Waals surface area (Å²) in [6, 6.07) is 8.64. The molecule has 0 atom stereocenters. The predicted octanol–water partition coefficient (Wildman–Crippen LogP) is 3.55. The van der Waals surface area contributed by atoms with Crippen LogP contribution in [-0.2, 0) is 0 Å². The summed E-state index contributed by atoms with van der Waals surface area (Å²) in [5.41, 5.74) is 0. The third-order valence-electron chi connectivity index (χ3n) is 4.30. The first-order chi connectivity index (χ1) is 15.0. The van der Waals surface area contributed by atoms with Gasteiger partial charge in [0.25, 0.3) is 5.91 Å². The Labute approximate surface area is 184 Å². The van der Waals surface area contributed by atoms with E-state index in [4.69, 9.17) is 14.2 Å². The van der Waals surface area contributed by atoms with E-state index in [0.717, 1.165) is 15.0 Å². The number of tetrazole rings is 1. The van der Waals surface area contributed by atoms with Gasteiger partial charge in [-0.25, -0.2) is 5.10 Å². The van der Waals surface area contributed by atoms with E-state index in [1.54, 1.807) is 32.4 Å². The Hall–Kier alpha value is -3.51. The number of rotatable bonds is 7. The molecule has 0 aliphatic carbocycles. The zero-order valence-electron chi connectivity index (χ0n) is 16.6. The molecule has 4 aromatic rings. The van der Waals surface area contributed by atoms with E-state index in [1.807, 2.05) is 12.1 Å². The molecule has 10 nitrogen and oxygen atoms in total. The van der Waals surface area contributed by atoms with Crippen molar-refractivity contribution in [1.82, 2.24) is 20.6 Å². The van der Waals surface area contributed by atoms with Gasteiger partial charge in [-0.15, -0.1) is 11.3 Å². The topological polar surface area (TPSA) is 131 Å². The fourth-order valence-electron chi connectivity index (χ4n) is 2.87. The van der Waals surface area contributed by atoms with Gasteiger partial charge in [-0.05, 0) is 34.7 Å². The molecule has 160 valence electrons. The van der Waals surface area contributed by atoms with Crippen LogP contribution in [0.1, 0.15) is 9.67 Å². The smallest absolute Gasteiger partial charge is 0.269 e. The maximum absolute atomic E-state index is 13.0. The van der Waals surface area contributed by atoms with Gasteiger partial charge >= 0.3 is 0 Å². The average molecular weight is 460 g/mol. The summed E-state index contributed by atoms with van der Waals surface area (Å²) >= 11 is 2.67. The minimum absolute atomic E-state index is 0.0317. The predicted molar refractivity (Wildman–Crippen MR) is 116 cm³/mol. The molecule has 0 fully saturated rings. The monoisotopic (exact) mass is 459 g/mol. The number of methoxy groups -OCH3 is 3. The maximum Gasteiger partial charge on any atom is 0.269 e. The number of thiophene rings is 1. The third kappa shape index (κ3) is 4.07. The number of carbonyl (C=O) groups is 1. The van der Waals surface area contributed by atoms with Crippen molar-refractivity contribution < 1.29 is 24.1 Å². The van der Waals surface area contributed by atoms with E-state index >= 15 is 0 Å². The van der Waals surface area contributed by atoms with Crippen LogP contribution in [0.4, 0.5) is 5.95 Å². The molecule has 12 heteroatoms. The van der Waals surface area contributed by atoms with Crippen LogP contribution in [0.2, 0.25) is 0 Å². The second kappa shape index (κ2) is 8.70. The molecule has 3 N–H and O–H groups in total. The number of carbonyl (C=O) groups excluding carboxylic acids is 1. The number of hydrogen-bond acceptors (Lipinski definition) is 10. The largest absolute Gasteiger partial charge is 0.504 e. The van der Waals surface area contributed by atoms with Gasteiger partial charge in [0.1, 0.15) is 4.88 Å². The van der Waals surface area contributed by atoms with E-state index < -0.39 is 0 Å². The fraction of sp³-hybridized carbons (Fsp3) is 0.158. The van der Waals surface area contributed by atoms with Crippen molar-refractivity contribution in [3.63, 3.8) is 0 Å². The lowest BCUT2D eigenvalue weighted by atomic mass is 10.2. The molecule has 1 amide bonds. The first-order valence-electron chi connectivity index (χ1n) is 8.82. The van der Waals surface area contributed by atoms with Gasteiger partial charge in [-0.1, -0.05) is 16.9 Å². The van der Waals surface area contributed by atoms with Gasteiger partial charge in [0.2, 0.25) is 5.95 Å². The summed E-state index contributed by atoms with van der Waals surface area (Å²) in [5.74, 6) is 1.24. The van der Waals surface area contributed by atoms with Gasteiger partial charge in [0.15, 0.2) is 23.0 Å². The highest BCUT2D eigenvalue weighted by atomic mass is 32.2. The van der Waals surface area contributed by atoms with Crippen LogP contribution in [0.3, 0.4) is 0 Å². The summed E-state index contributed by atoms with van der Waals surface area (Å²) in [7, 11) is 4.59. The number of phenols is 1. The molecule has 0 aliphatic rings. The van der Waals surface area contributed by atoms with Crippen molar-refractivity contribution in [2.75, 3.05) is 26.6 Å². The molecule has 2 aromatic heterocycles. The normalized spacial score (nSPS) is 10.8. The lowest BCUT2D eigenvalue weighted by Gasteiger charge is -2.09. The highest BCUT2D eigenvalue weighted by Crippen LogP contribution is 2.46. The second-order valence-corrected chi connectivity index (χ2v) is 8.24. The van der Waals surface area contributed by atoms with Crippen molar-refractivity contribution in [3.05, 3.63) is 35.2 Å². The van der Waals surface area contributed by atoms with Crippen molar-refractivity contribution in [2.24, 2.45) is 0 Å². The molecule has 0 saturated heterocycles. The number of fused-ring (bicyclic) bond motifs is 1. The molecule has 0 bridgehead atoms. The Bertz CT molecular complexity index is 1240. The summed E-state index contributed by atoms with van der Waals surface area (Å²) in [4.78, 5) is 15.0. The first kappa shape index (κ1) is 20.8. The Morgan fingerprint density at radius 1 is 1.10 bits per heavy atom. The molecule has 0 unspecified atom stereocenters. The Balaban J connectivity index is 1.83. The highest BCUT2D eigenvalue weighted by molar-refractivity contribution is 7.99. The fourth-order valence-corrected chi connectivity index (χ4v) is 5.19. The van der Waals surface area contributed by atoms with E-state index in [1.165, 1.54) is 30.2 Å². The van der Waals surface area contributed by atoms with Crippen molar-refractivity contribution in [1.29, 1.82) is 0 Å². The number of aromatic amines is 1. The number of anilines is 1. The standard InChI is InChI=1S/C19H17N5O5S2/c1-27-12-6-9(4-5-11(12)25)30-16-10-7-13(28-2)14(29-3)8-15(10)31-17(16)18(26)20-19-21-23-24-22-19/h4-8,25H,1-3H3,(H2,20,21,22,23,24,26). The molecular formula is C19H17N5O5S2. The van der Waals surface area contributed by atoms with Gasteiger partial charge in [0, 0.05) is 25.9 Å². The van der Waals surface area contributed by atoms with E-state index in [9.17, 15) is 9.90 Å². The molecule has 0 saturated carbocycles. The Morgan fingerprint density at radius 2 is 1.84 bits per heavy atom. The van der Waals surface area contributed by atoms with Crippen LogP contribution in [0.15, 0.2) is 40.1 Å². The zero-order valence-corrected chi connectivity index (χ0v) is 18.3. The van der Waals surface area contributed by atoms with Crippen molar-refractivity contribution in [3.8, 4) is 23.0 Å². The highest BCUT2D eigenvalue weighted by Gasteiger charge is 2.23. The molecule has 2 aromatic carbocycles. The number of amides is 1. The summed E-state index contributed by atoms with van der Waals surface area (Å²) in [6.07, 6.45) is 0. The summed E-state index contributed by atoms with van der Waals surface area (Å²) in [6.45, 7) is 0. The van der Waals surface area contributed by atoms with Gasteiger partial charge in [-0.3, -0.25) is 10.1 Å². The Kier molecular flexibility index (Phi) is 5.82. The quantitative estimate of drug-likeness (QED) is 0.379. The molecule has 0 aliphatic heterocycles. The molecular weight excluding hydrogens is 442 g/mol. The number of nitrogens with zero attached hydrogens (tertiary/aromatic N) is 3. The van der Waals surface area contributed by atoms with Crippen LogP contribution in [0.25, 0.3) is 10.1 Å². The molecule has 4 rings (SSSR count). The minimum atomic E-state index is -0.370. The van der Waals surface area contributed by atoms with Crippen LogP contribution in [0.5, 0.6) is 23.0 Å². The number of ether oxygens (including phenoxy) is 3. The van der Waals surface area contributed by atoms with E-state index in [0.29, 0.717) is 27.0 Å². The molecule has 0 radical (unpaired) electrons. The van der Waals surface area contributed by atoms with Gasteiger partial charge in [-0.2, -0.15) is 0 Å². The first-order valence-corrected chi connectivity index (χ1v) is 10.5. The number of aromatic nitrogens is 4. The number of H-pyrrole nitrogens is 1. The summed E-state index contributed by atoms with van der Waals surface area (Å²) < 4.78 is 16.9. The van der Waals surface area contributed by atoms with Crippen molar-refractivity contribution in [2.45, 2.75) is 9.79 Å². The molecule has 2 heterocycles. The maximum atomic E-state index is 13.0. The zero-order chi connectivity index (χ0) is 22.0.